The predicted molar refractivity (Wildman–Crippen MR) is 43.2 cm³/mol. The minimum atomic E-state index is -0.686. The fourth-order valence-electron chi connectivity index (χ4n) is 1.16. The van der Waals surface area contributed by atoms with Crippen molar-refractivity contribution in [1.29, 1.82) is 0 Å². The normalized spacial score (nSPS) is 21.2. The van der Waals surface area contributed by atoms with Gasteiger partial charge in [-0.2, -0.15) is 9.67 Å². The highest BCUT2D eigenvalue weighted by Gasteiger charge is 2.32. The van der Waals surface area contributed by atoms with E-state index < -0.39 is 5.92 Å². The first-order valence-electron chi connectivity index (χ1n) is 3.88. The summed E-state index contributed by atoms with van der Waals surface area (Å²) in [7, 11) is 0. The number of aromatic nitrogens is 3. The van der Waals surface area contributed by atoms with E-state index in [1.165, 1.54) is 6.92 Å². The molecule has 6 nitrogen and oxygen atoms in total. The Labute approximate surface area is 74.0 Å². The minimum Gasteiger partial charge on any atom is -0.294 e. The Morgan fingerprint density at radius 1 is 1.46 bits per heavy atom. The molecule has 1 atom stereocenters. The summed E-state index contributed by atoms with van der Waals surface area (Å²) < 4.78 is 1.13. The van der Waals surface area contributed by atoms with Crippen LogP contribution in [-0.4, -0.2) is 26.6 Å². The van der Waals surface area contributed by atoms with Gasteiger partial charge in [0.1, 0.15) is 11.7 Å². The van der Waals surface area contributed by atoms with Crippen LogP contribution in [0.25, 0.3) is 0 Å². The second-order valence-corrected chi connectivity index (χ2v) is 2.94. The van der Waals surface area contributed by atoms with Crippen LogP contribution in [0, 0.1) is 12.8 Å². The molecule has 1 N–H and O–H groups in total. The number of amides is 1. The van der Waals surface area contributed by atoms with Gasteiger partial charge in [-0.1, -0.05) is 0 Å². The molecule has 1 amide bonds. The number of aryl methyl sites for hydroxylation is 1. The molecule has 0 spiro atoms. The fourth-order valence-corrected chi connectivity index (χ4v) is 1.16. The van der Waals surface area contributed by atoms with Gasteiger partial charge in [0.25, 0.3) is 5.91 Å². The van der Waals surface area contributed by atoms with Gasteiger partial charge in [0.05, 0.1) is 0 Å². The molecule has 2 rings (SSSR count). The van der Waals surface area contributed by atoms with Gasteiger partial charge in [0.15, 0.2) is 0 Å². The van der Waals surface area contributed by atoms with Gasteiger partial charge < -0.3 is 0 Å². The zero-order valence-corrected chi connectivity index (χ0v) is 7.24. The highest BCUT2D eigenvalue weighted by molar-refractivity contribution is 6.10. The number of hydrogen-bond donors (Lipinski definition) is 1. The first-order chi connectivity index (χ1) is 6.09. The van der Waals surface area contributed by atoms with Crippen LogP contribution < -0.4 is 5.32 Å². The quantitative estimate of drug-likeness (QED) is 0.561. The molecule has 1 aromatic rings. The Bertz CT molecular complexity index is 395. The molecule has 0 bridgehead atoms. The number of carbonyl (C=O) groups is 2. The highest BCUT2D eigenvalue weighted by atomic mass is 16.2. The van der Waals surface area contributed by atoms with Gasteiger partial charge in [-0.25, -0.2) is 0 Å². The molecule has 1 unspecified atom stereocenters. The monoisotopic (exact) mass is 180 g/mol. The van der Waals surface area contributed by atoms with Crippen LogP contribution in [0.2, 0.25) is 0 Å². The van der Waals surface area contributed by atoms with Crippen molar-refractivity contribution in [3.63, 3.8) is 0 Å². The molecule has 0 saturated heterocycles. The predicted octanol–water partition coefficient (Wildman–Crippen LogP) is -0.185. The molecule has 2 heterocycles. The molecule has 0 aromatic carbocycles. The molecular weight excluding hydrogens is 172 g/mol. The van der Waals surface area contributed by atoms with E-state index in [4.69, 9.17) is 0 Å². The first kappa shape index (κ1) is 7.90. The van der Waals surface area contributed by atoms with Crippen molar-refractivity contribution in [2.24, 2.45) is 5.92 Å². The van der Waals surface area contributed by atoms with Crippen LogP contribution in [0.3, 0.4) is 0 Å². The second kappa shape index (κ2) is 2.38. The molecule has 1 aromatic heterocycles. The maximum Gasteiger partial charge on any atom is 0.262 e. The summed E-state index contributed by atoms with van der Waals surface area (Å²) in [6.45, 7) is 3.20. The molecule has 68 valence electrons. The van der Waals surface area contributed by atoms with Gasteiger partial charge in [0, 0.05) is 0 Å². The summed E-state index contributed by atoms with van der Waals surface area (Å²) in [6, 6.07) is 0. The Morgan fingerprint density at radius 3 is 2.85 bits per heavy atom. The van der Waals surface area contributed by atoms with E-state index >= 15 is 0 Å². The van der Waals surface area contributed by atoms with Gasteiger partial charge >= 0.3 is 0 Å². The van der Waals surface area contributed by atoms with Crippen molar-refractivity contribution in [1.82, 2.24) is 14.8 Å². The number of nitrogens with zero attached hydrogens (tertiary/aromatic N) is 3. The second-order valence-electron chi connectivity index (χ2n) is 2.94. The summed E-state index contributed by atoms with van der Waals surface area (Å²) >= 11 is 0. The number of carbonyl (C=O) groups excluding carboxylic acids is 2. The third-order valence-electron chi connectivity index (χ3n) is 1.92. The van der Waals surface area contributed by atoms with Crippen LogP contribution in [0.1, 0.15) is 17.5 Å². The molecule has 0 fully saturated rings. The van der Waals surface area contributed by atoms with Crippen LogP contribution in [0.4, 0.5) is 5.95 Å². The Hall–Kier alpha value is -1.72. The topological polar surface area (TPSA) is 76.9 Å². The van der Waals surface area contributed by atoms with Crippen LogP contribution in [0.15, 0.2) is 0 Å². The SMILES string of the molecule is Cc1nc2n(n1)C(=O)C(C)C(=O)N2. The molecular formula is C7H8N4O2. The molecule has 0 aliphatic carbocycles. The average molecular weight is 180 g/mol. The lowest BCUT2D eigenvalue weighted by atomic mass is 10.1. The summed E-state index contributed by atoms with van der Waals surface area (Å²) in [5, 5.41) is 6.35. The molecule has 1 aliphatic rings. The van der Waals surface area contributed by atoms with Crippen molar-refractivity contribution >= 4 is 17.8 Å². The van der Waals surface area contributed by atoms with E-state index in [1.807, 2.05) is 0 Å². The van der Waals surface area contributed by atoms with Gasteiger partial charge in [-0.05, 0) is 13.8 Å². The minimum absolute atomic E-state index is 0.214. The van der Waals surface area contributed by atoms with E-state index in [0.717, 1.165) is 4.68 Å². The number of anilines is 1. The van der Waals surface area contributed by atoms with Crippen molar-refractivity contribution in [2.45, 2.75) is 13.8 Å². The number of nitrogens with one attached hydrogen (secondary N) is 1. The molecule has 0 saturated carbocycles. The first-order valence-corrected chi connectivity index (χ1v) is 3.88. The number of fused-ring (bicyclic) bond motifs is 1. The Balaban J connectivity index is 2.54. The van der Waals surface area contributed by atoms with Gasteiger partial charge in [-0.3, -0.25) is 14.9 Å². The lowest BCUT2D eigenvalue weighted by Crippen LogP contribution is -2.38. The molecule has 0 radical (unpaired) electrons. The van der Waals surface area contributed by atoms with Crippen molar-refractivity contribution < 1.29 is 9.59 Å². The lowest BCUT2D eigenvalue weighted by molar-refractivity contribution is -0.118. The van der Waals surface area contributed by atoms with Crippen molar-refractivity contribution in [3.8, 4) is 0 Å². The zero-order chi connectivity index (χ0) is 9.59. The third kappa shape index (κ3) is 1.02. The van der Waals surface area contributed by atoms with E-state index in [2.05, 4.69) is 15.4 Å². The summed E-state index contributed by atoms with van der Waals surface area (Å²) in [4.78, 5) is 26.5. The van der Waals surface area contributed by atoms with Crippen LogP contribution in [0.5, 0.6) is 0 Å². The van der Waals surface area contributed by atoms with Crippen LogP contribution >= 0.6 is 0 Å². The van der Waals surface area contributed by atoms with E-state index in [0.29, 0.717) is 5.82 Å². The molecule has 13 heavy (non-hydrogen) atoms. The number of rotatable bonds is 0. The van der Waals surface area contributed by atoms with E-state index in [1.54, 1.807) is 6.92 Å². The third-order valence-corrected chi connectivity index (χ3v) is 1.92. The number of hydrogen-bond acceptors (Lipinski definition) is 4. The van der Waals surface area contributed by atoms with Gasteiger partial charge in [0.2, 0.25) is 11.9 Å². The maximum atomic E-state index is 11.4. The fraction of sp³-hybridized carbons (Fsp3) is 0.429. The lowest BCUT2D eigenvalue weighted by Gasteiger charge is -2.16. The van der Waals surface area contributed by atoms with Crippen LogP contribution in [-0.2, 0) is 4.79 Å². The van der Waals surface area contributed by atoms with E-state index in [-0.39, 0.29) is 17.8 Å². The highest BCUT2D eigenvalue weighted by Crippen LogP contribution is 2.15. The summed E-state index contributed by atoms with van der Waals surface area (Å²) in [5.41, 5.74) is 0. The maximum absolute atomic E-state index is 11.4. The molecule has 1 aliphatic heterocycles. The summed E-state index contributed by atoms with van der Waals surface area (Å²) in [6.07, 6.45) is 0. The average Bonchev–Trinajstić information content (AvgIpc) is 2.42. The Kier molecular flexibility index (Phi) is 1.45. The molecule has 6 heteroatoms. The smallest absolute Gasteiger partial charge is 0.262 e. The van der Waals surface area contributed by atoms with Gasteiger partial charge in [-0.15, -0.1) is 5.10 Å². The van der Waals surface area contributed by atoms with Crippen molar-refractivity contribution in [2.75, 3.05) is 5.32 Å². The largest absolute Gasteiger partial charge is 0.294 e. The Morgan fingerprint density at radius 2 is 2.15 bits per heavy atom. The summed E-state index contributed by atoms with van der Waals surface area (Å²) in [5.74, 6) is -0.666. The van der Waals surface area contributed by atoms with E-state index in [9.17, 15) is 9.59 Å². The standard InChI is InChI=1S/C7H8N4O2/c1-3-5(12)9-7-8-4(2)10-11(7)6(3)13/h3H,1-2H3,(H,8,9,10,12). The van der Waals surface area contributed by atoms with Crippen molar-refractivity contribution in [3.05, 3.63) is 5.82 Å². The zero-order valence-electron chi connectivity index (χ0n) is 7.24.